The van der Waals surface area contributed by atoms with Crippen LogP contribution < -0.4 is 10.5 Å². The van der Waals surface area contributed by atoms with Crippen LogP contribution in [0.15, 0.2) is 24.3 Å². The van der Waals surface area contributed by atoms with Gasteiger partial charge in [0.1, 0.15) is 5.75 Å². The summed E-state index contributed by atoms with van der Waals surface area (Å²) in [6.07, 6.45) is 0.741. The van der Waals surface area contributed by atoms with Gasteiger partial charge in [-0.2, -0.15) is 0 Å². The first-order valence-corrected chi connectivity index (χ1v) is 6.29. The van der Waals surface area contributed by atoms with E-state index >= 15 is 0 Å². The molecule has 1 atom stereocenters. The van der Waals surface area contributed by atoms with Gasteiger partial charge in [-0.1, -0.05) is 0 Å². The van der Waals surface area contributed by atoms with Crippen LogP contribution in [0.25, 0.3) is 0 Å². The number of ether oxygens (including phenoxy) is 1. The van der Waals surface area contributed by atoms with Crippen LogP contribution in [-0.2, 0) is 4.79 Å². The number of Topliss-reactive ketones (excluding diaryl/α,β-unsaturated/α-hetero) is 1. The van der Waals surface area contributed by atoms with Gasteiger partial charge in [0, 0.05) is 12.1 Å². The van der Waals surface area contributed by atoms with Gasteiger partial charge >= 0.3 is 0 Å². The van der Waals surface area contributed by atoms with Gasteiger partial charge in [-0.05, 0) is 37.2 Å². The van der Waals surface area contributed by atoms with Gasteiger partial charge in [0.2, 0.25) is 5.91 Å². The maximum atomic E-state index is 12.1. The van der Waals surface area contributed by atoms with Crippen LogP contribution in [0.1, 0.15) is 16.8 Å². The van der Waals surface area contributed by atoms with Crippen LogP contribution in [0.3, 0.4) is 0 Å². The SMILES string of the molecule is COc1ccc(C(=O)CN2CCC(C(N)=O)C2)cc1. The van der Waals surface area contributed by atoms with E-state index in [1.54, 1.807) is 31.4 Å². The maximum absolute atomic E-state index is 12.1. The van der Waals surface area contributed by atoms with E-state index in [1.807, 2.05) is 4.90 Å². The molecule has 1 saturated heterocycles. The number of hydrogen-bond acceptors (Lipinski definition) is 4. The predicted octanol–water partition coefficient (Wildman–Crippen LogP) is 0.685. The van der Waals surface area contributed by atoms with Crippen molar-refractivity contribution >= 4 is 11.7 Å². The second-order valence-electron chi connectivity index (χ2n) is 4.77. The van der Waals surface area contributed by atoms with E-state index < -0.39 is 0 Å². The zero-order valence-electron chi connectivity index (χ0n) is 11.0. The highest BCUT2D eigenvalue weighted by atomic mass is 16.5. The summed E-state index contributed by atoms with van der Waals surface area (Å²) in [5.41, 5.74) is 5.93. The third-order valence-electron chi connectivity index (χ3n) is 3.45. The first-order chi connectivity index (χ1) is 9.10. The van der Waals surface area contributed by atoms with Crippen molar-refractivity contribution in [3.63, 3.8) is 0 Å². The molecule has 1 unspecified atom stereocenters. The van der Waals surface area contributed by atoms with Crippen molar-refractivity contribution in [2.45, 2.75) is 6.42 Å². The molecule has 5 nitrogen and oxygen atoms in total. The molecule has 0 radical (unpaired) electrons. The Balaban J connectivity index is 1.92. The number of ketones is 1. The second kappa shape index (κ2) is 5.84. The number of amides is 1. The zero-order valence-corrected chi connectivity index (χ0v) is 11.0. The number of nitrogens with two attached hydrogens (primary N) is 1. The smallest absolute Gasteiger partial charge is 0.221 e. The highest BCUT2D eigenvalue weighted by Crippen LogP contribution is 2.17. The molecule has 2 rings (SSSR count). The summed E-state index contributed by atoms with van der Waals surface area (Å²) in [4.78, 5) is 25.1. The van der Waals surface area contributed by atoms with Gasteiger partial charge in [-0.15, -0.1) is 0 Å². The zero-order chi connectivity index (χ0) is 13.8. The van der Waals surface area contributed by atoms with Crippen LogP contribution in [0.5, 0.6) is 5.75 Å². The molecular formula is C14H18N2O3. The predicted molar refractivity (Wildman–Crippen MR) is 71.1 cm³/mol. The molecule has 0 spiro atoms. The quantitative estimate of drug-likeness (QED) is 0.792. The Bertz CT molecular complexity index is 470. The molecule has 0 saturated carbocycles. The summed E-state index contributed by atoms with van der Waals surface area (Å²) in [5.74, 6) is 0.377. The van der Waals surface area contributed by atoms with E-state index in [2.05, 4.69) is 0 Å². The number of carbonyl (C=O) groups excluding carboxylic acids is 2. The van der Waals surface area contributed by atoms with E-state index in [9.17, 15) is 9.59 Å². The Labute approximate surface area is 112 Å². The lowest BCUT2D eigenvalue weighted by atomic mass is 10.1. The molecule has 0 bridgehead atoms. The molecule has 1 fully saturated rings. The number of rotatable bonds is 5. The lowest BCUT2D eigenvalue weighted by Crippen LogP contribution is -2.31. The molecule has 19 heavy (non-hydrogen) atoms. The monoisotopic (exact) mass is 262 g/mol. The Kier molecular flexibility index (Phi) is 4.16. The number of methoxy groups -OCH3 is 1. The van der Waals surface area contributed by atoms with Crippen molar-refractivity contribution in [1.29, 1.82) is 0 Å². The number of primary amides is 1. The Morgan fingerprint density at radius 1 is 1.37 bits per heavy atom. The van der Waals surface area contributed by atoms with Crippen molar-refractivity contribution in [2.75, 3.05) is 26.7 Å². The summed E-state index contributed by atoms with van der Waals surface area (Å²) in [5, 5.41) is 0. The summed E-state index contributed by atoms with van der Waals surface area (Å²) < 4.78 is 5.05. The summed E-state index contributed by atoms with van der Waals surface area (Å²) in [6.45, 7) is 1.66. The van der Waals surface area contributed by atoms with Crippen LogP contribution >= 0.6 is 0 Å². The van der Waals surface area contributed by atoms with Crippen molar-refractivity contribution in [2.24, 2.45) is 11.7 Å². The van der Waals surface area contributed by atoms with Gasteiger partial charge in [-0.3, -0.25) is 14.5 Å². The van der Waals surface area contributed by atoms with Crippen molar-refractivity contribution in [1.82, 2.24) is 4.90 Å². The lowest BCUT2D eigenvalue weighted by molar-refractivity contribution is -0.121. The van der Waals surface area contributed by atoms with Crippen molar-refractivity contribution in [3.05, 3.63) is 29.8 Å². The molecule has 102 valence electrons. The van der Waals surface area contributed by atoms with E-state index in [0.29, 0.717) is 18.7 Å². The molecule has 0 aromatic heterocycles. The van der Waals surface area contributed by atoms with E-state index in [-0.39, 0.29) is 17.6 Å². The van der Waals surface area contributed by atoms with Crippen LogP contribution in [-0.4, -0.2) is 43.3 Å². The molecule has 1 aliphatic rings. The summed E-state index contributed by atoms with van der Waals surface area (Å²) in [6, 6.07) is 7.04. The van der Waals surface area contributed by atoms with Gasteiger partial charge in [0.25, 0.3) is 0 Å². The molecular weight excluding hydrogens is 244 g/mol. The number of benzene rings is 1. The minimum atomic E-state index is -0.278. The highest BCUT2D eigenvalue weighted by Gasteiger charge is 2.27. The number of carbonyl (C=O) groups is 2. The van der Waals surface area contributed by atoms with Crippen LogP contribution in [0, 0.1) is 5.92 Å². The Morgan fingerprint density at radius 3 is 2.58 bits per heavy atom. The van der Waals surface area contributed by atoms with E-state index in [4.69, 9.17) is 10.5 Å². The molecule has 1 amide bonds. The lowest BCUT2D eigenvalue weighted by Gasteiger charge is -2.14. The van der Waals surface area contributed by atoms with E-state index in [0.717, 1.165) is 18.7 Å². The fourth-order valence-corrected chi connectivity index (χ4v) is 2.28. The standard InChI is InChI=1S/C14H18N2O3/c1-19-12-4-2-10(3-5-12)13(17)9-16-7-6-11(8-16)14(15)18/h2-5,11H,6-9H2,1H3,(H2,15,18). The van der Waals surface area contributed by atoms with Gasteiger partial charge < -0.3 is 10.5 Å². The third kappa shape index (κ3) is 3.32. The fourth-order valence-electron chi connectivity index (χ4n) is 2.28. The molecule has 1 aliphatic heterocycles. The number of nitrogens with zero attached hydrogens (tertiary/aromatic N) is 1. The second-order valence-corrected chi connectivity index (χ2v) is 4.77. The molecule has 5 heteroatoms. The normalized spacial score (nSPS) is 19.3. The van der Waals surface area contributed by atoms with Crippen molar-refractivity contribution < 1.29 is 14.3 Å². The largest absolute Gasteiger partial charge is 0.497 e. The molecule has 0 aliphatic carbocycles. The van der Waals surface area contributed by atoms with Gasteiger partial charge in [0.15, 0.2) is 5.78 Å². The van der Waals surface area contributed by atoms with Crippen molar-refractivity contribution in [3.8, 4) is 5.75 Å². The van der Waals surface area contributed by atoms with Crippen LogP contribution in [0.2, 0.25) is 0 Å². The first-order valence-electron chi connectivity index (χ1n) is 6.29. The average molecular weight is 262 g/mol. The minimum absolute atomic E-state index is 0.0489. The maximum Gasteiger partial charge on any atom is 0.221 e. The summed E-state index contributed by atoms with van der Waals surface area (Å²) in [7, 11) is 1.59. The van der Waals surface area contributed by atoms with Crippen LogP contribution in [0.4, 0.5) is 0 Å². The molecule has 1 aromatic rings. The Morgan fingerprint density at radius 2 is 2.05 bits per heavy atom. The first kappa shape index (κ1) is 13.5. The average Bonchev–Trinajstić information content (AvgIpc) is 2.87. The minimum Gasteiger partial charge on any atom is -0.497 e. The fraction of sp³-hybridized carbons (Fsp3) is 0.429. The topological polar surface area (TPSA) is 72.6 Å². The third-order valence-corrected chi connectivity index (χ3v) is 3.45. The number of hydrogen-bond donors (Lipinski definition) is 1. The van der Waals surface area contributed by atoms with Gasteiger partial charge in [0.05, 0.1) is 19.6 Å². The molecule has 1 heterocycles. The van der Waals surface area contributed by atoms with E-state index in [1.165, 1.54) is 0 Å². The highest BCUT2D eigenvalue weighted by molar-refractivity contribution is 5.97. The molecule has 2 N–H and O–H groups in total. The van der Waals surface area contributed by atoms with Gasteiger partial charge in [-0.25, -0.2) is 0 Å². The Hall–Kier alpha value is -1.88. The summed E-state index contributed by atoms with van der Waals surface area (Å²) >= 11 is 0. The number of likely N-dealkylation sites (tertiary alicyclic amines) is 1. The molecule has 1 aromatic carbocycles.